The molecule has 31 nitrogen and oxygen atoms in total. The molecule has 10 atom stereocenters. The first kappa shape index (κ1) is 77.1. The SMILES string of the molecule is CSCC[C@H](NC(=O)[C@H](CC(C)C)NC(=O)CNC(=O)[C@@H](NC(=O)[C@H](Cc1ccccc1)NC(=O)[C@H](CCC(N)=O)NC(=O)[C@H](CCC(N)=O)NC(=O)[C@@H]1CCCN1C(=O)[C@H](CCCCN)NC(=O)[C@@H]1CCCN1C(=O)[C@@H](N)CCCN=C(N)N)C(C)C)C(N)=O. The van der Waals surface area contributed by atoms with E-state index in [0.29, 0.717) is 49.8 Å². The van der Waals surface area contributed by atoms with Crippen molar-refractivity contribution in [2.75, 3.05) is 44.7 Å². The maximum Gasteiger partial charge on any atom is 0.245 e. The van der Waals surface area contributed by atoms with Gasteiger partial charge < -0.3 is 92.5 Å². The summed E-state index contributed by atoms with van der Waals surface area (Å²) in [6.07, 6.45) is 3.35. The van der Waals surface area contributed by atoms with Crippen LogP contribution in [0.25, 0.3) is 0 Å². The highest BCUT2D eigenvalue weighted by molar-refractivity contribution is 7.98. The van der Waals surface area contributed by atoms with E-state index in [1.165, 1.54) is 21.6 Å². The molecule has 0 aromatic heterocycles. The van der Waals surface area contributed by atoms with Crippen LogP contribution in [0, 0.1) is 11.8 Å². The van der Waals surface area contributed by atoms with E-state index in [9.17, 15) is 62.3 Å². The first-order chi connectivity index (χ1) is 43.1. The van der Waals surface area contributed by atoms with Crippen LogP contribution in [0.4, 0.5) is 0 Å². The van der Waals surface area contributed by atoms with Crippen LogP contribution >= 0.6 is 11.8 Å². The lowest BCUT2D eigenvalue weighted by molar-refractivity contribution is -0.144. The van der Waals surface area contributed by atoms with Crippen molar-refractivity contribution in [2.24, 2.45) is 57.0 Å². The van der Waals surface area contributed by atoms with Crippen molar-refractivity contribution >= 4 is 94.5 Å². The molecule has 1 aromatic carbocycles. The van der Waals surface area contributed by atoms with E-state index in [2.05, 4.69) is 47.5 Å². The van der Waals surface area contributed by atoms with Gasteiger partial charge in [0.1, 0.15) is 54.4 Å². The van der Waals surface area contributed by atoms with Crippen LogP contribution in [0.2, 0.25) is 0 Å². The first-order valence-corrected chi connectivity index (χ1v) is 32.4. The maximum atomic E-state index is 14.5. The number of thioether (sulfide) groups is 1. The van der Waals surface area contributed by atoms with E-state index in [-0.39, 0.29) is 76.6 Å². The van der Waals surface area contributed by atoms with Crippen molar-refractivity contribution in [2.45, 2.75) is 191 Å². The van der Waals surface area contributed by atoms with Crippen LogP contribution in [0.3, 0.4) is 0 Å². The molecule has 0 bridgehead atoms. The van der Waals surface area contributed by atoms with Gasteiger partial charge in [0, 0.05) is 38.9 Å². The van der Waals surface area contributed by atoms with Gasteiger partial charge in [0.05, 0.1) is 12.6 Å². The Morgan fingerprint density at radius 3 is 1.64 bits per heavy atom. The number of benzene rings is 1. The summed E-state index contributed by atoms with van der Waals surface area (Å²) >= 11 is 1.45. The Morgan fingerprint density at radius 1 is 0.582 bits per heavy atom. The quantitative estimate of drug-likeness (QED) is 0.0168. The van der Waals surface area contributed by atoms with Gasteiger partial charge in [-0.1, -0.05) is 58.0 Å². The largest absolute Gasteiger partial charge is 0.370 e. The number of nitrogens with zero attached hydrogens (tertiary/aromatic N) is 3. The molecule has 2 aliphatic heterocycles. The third-order valence-electron chi connectivity index (χ3n) is 15.4. The molecule has 3 rings (SSSR count). The second kappa shape index (κ2) is 39.9. The number of rotatable bonds is 41. The van der Waals surface area contributed by atoms with E-state index in [1.807, 2.05) is 20.1 Å². The van der Waals surface area contributed by atoms with Gasteiger partial charge in [-0.2, -0.15) is 11.8 Å². The van der Waals surface area contributed by atoms with Crippen molar-refractivity contribution in [1.29, 1.82) is 0 Å². The number of carbonyl (C=O) groups is 13. The number of hydrogen-bond donors (Lipinski definition) is 15. The standard InChI is InChI=1S/C59H98N18O13S/c1-33(2)30-41(52(84)70-37(49(64)81)24-29-91-5)69-47(80)32-68-56(88)48(34(3)4)75-53(85)42(31-35-14-7-6-8-15-35)74-51(83)38(20-22-45(62)78)71-50(82)39(21-23-46(63)79)72-54(86)44-19-13-28-77(44)58(90)40(17-9-10-25-60)73-55(87)43-18-12-27-76(43)57(89)36(61)16-11-26-67-59(65)66/h6-8,14-15,33-34,36-44,48H,9-13,16-32,60-61H2,1-5H3,(H2,62,78)(H2,63,79)(H2,64,81)(H,68,88)(H,69,80)(H,70,84)(H,71,82)(H,72,86)(H,73,87)(H,74,83)(H,75,85)(H4,65,66,67)/t36-,37-,38-,39-,40-,41-,42-,43-,44-,48-/m0/s1. The summed E-state index contributed by atoms with van der Waals surface area (Å²) in [5.41, 5.74) is 39.9. The van der Waals surface area contributed by atoms with E-state index in [0.717, 1.165) is 0 Å². The zero-order valence-electron chi connectivity index (χ0n) is 53.0. The van der Waals surface area contributed by atoms with E-state index >= 15 is 0 Å². The minimum absolute atomic E-state index is 0.0785. The molecule has 0 saturated carbocycles. The first-order valence-electron chi connectivity index (χ1n) is 31.0. The fourth-order valence-electron chi connectivity index (χ4n) is 10.5. The van der Waals surface area contributed by atoms with Gasteiger partial charge in [-0.15, -0.1) is 0 Å². The lowest BCUT2D eigenvalue weighted by Crippen LogP contribution is -2.60. The number of nitrogens with two attached hydrogens (primary N) is 7. The number of amides is 13. The predicted octanol–water partition coefficient (Wildman–Crippen LogP) is -4.30. The molecule has 13 amide bonds. The molecular weight excluding hydrogens is 1200 g/mol. The monoisotopic (exact) mass is 1300 g/mol. The van der Waals surface area contributed by atoms with Gasteiger partial charge in [-0.25, -0.2) is 0 Å². The van der Waals surface area contributed by atoms with Gasteiger partial charge in [0.15, 0.2) is 5.96 Å². The number of carbonyl (C=O) groups excluding carboxylic acids is 13. The Hall–Kier alpha value is -8.13. The lowest BCUT2D eigenvalue weighted by Gasteiger charge is -2.32. The number of aliphatic imine (C=N–C) groups is 1. The summed E-state index contributed by atoms with van der Waals surface area (Å²) in [5.74, 6) is -10.3. The molecule has 1 aromatic rings. The Bertz CT molecular complexity index is 2680. The van der Waals surface area contributed by atoms with Gasteiger partial charge >= 0.3 is 0 Å². The fourth-order valence-corrected chi connectivity index (χ4v) is 10.9. The summed E-state index contributed by atoms with van der Waals surface area (Å²) in [4.78, 5) is 183. The van der Waals surface area contributed by atoms with Crippen LogP contribution in [-0.2, 0) is 68.7 Å². The molecule has 0 spiro atoms. The van der Waals surface area contributed by atoms with Gasteiger partial charge in [-0.3, -0.25) is 67.3 Å². The zero-order valence-corrected chi connectivity index (χ0v) is 53.8. The Balaban J connectivity index is 1.85. The Morgan fingerprint density at radius 2 is 1.11 bits per heavy atom. The second-order valence-corrected chi connectivity index (χ2v) is 24.6. The number of nitrogens with one attached hydrogen (secondary N) is 8. The minimum atomic E-state index is -1.62. The van der Waals surface area contributed by atoms with Crippen molar-refractivity contribution in [3.05, 3.63) is 35.9 Å². The molecule has 2 heterocycles. The maximum absolute atomic E-state index is 14.5. The fraction of sp³-hybridized carbons (Fsp3) is 0.661. The molecular formula is C59H98N18O13S. The number of guanidine groups is 1. The Kier molecular flexibility index (Phi) is 33.8. The molecule has 0 aliphatic carbocycles. The zero-order chi connectivity index (χ0) is 67.9. The summed E-state index contributed by atoms with van der Waals surface area (Å²) in [7, 11) is 0. The third-order valence-corrected chi connectivity index (χ3v) is 16.0. The van der Waals surface area contributed by atoms with Crippen LogP contribution in [-0.4, -0.2) is 198 Å². The molecule has 508 valence electrons. The van der Waals surface area contributed by atoms with Crippen molar-refractivity contribution in [1.82, 2.24) is 52.3 Å². The number of primary amides is 3. The highest BCUT2D eigenvalue weighted by Crippen LogP contribution is 2.23. The average Bonchev–Trinajstić information content (AvgIpc) is 2.19. The summed E-state index contributed by atoms with van der Waals surface area (Å²) in [5, 5.41) is 20.9. The number of likely N-dealkylation sites (tertiary alicyclic amines) is 2. The second-order valence-electron chi connectivity index (χ2n) is 23.6. The summed E-state index contributed by atoms with van der Waals surface area (Å²) in [6.45, 7) is 7.14. The van der Waals surface area contributed by atoms with E-state index in [1.54, 1.807) is 44.2 Å². The third kappa shape index (κ3) is 27.1. The predicted molar refractivity (Wildman–Crippen MR) is 340 cm³/mol. The normalized spacial score (nSPS) is 17.2. The number of unbranched alkanes of at least 4 members (excludes halogenated alkanes) is 1. The van der Waals surface area contributed by atoms with Crippen LogP contribution in [0.15, 0.2) is 35.3 Å². The molecule has 91 heavy (non-hydrogen) atoms. The van der Waals surface area contributed by atoms with Crippen LogP contribution in [0.5, 0.6) is 0 Å². The minimum Gasteiger partial charge on any atom is -0.370 e. The van der Waals surface area contributed by atoms with Crippen molar-refractivity contribution in [3.8, 4) is 0 Å². The molecule has 2 fully saturated rings. The molecule has 22 N–H and O–H groups in total. The highest BCUT2D eigenvalue weighted by atomic mass is 32.2. The van der Waals surface area contributed by atoms with Crippen LogP contribution in [0.1, 0.15) is 130 Å². The topological polar surface area (TPSA) is 519 Å². The molecule has 2 saturated heterocycles. The Labute approximate surface area is 535 Å². The summed E-state index contributed by atoms with van der Waals surface area (Å²) in [6, 6.07) is -3.85. The van der Waals surface area contributed by atoms with Crippen molar-refractivity contribution < 1.29 is 62.3 Å². The average molecular weight is 1300 g/mol. The van der Waals surface area contributed by atoms with E-state index in [4.69, 9.17) is 40.1 Å². The number of hydrogen-bond acceptors (Lipinski definition) is 17. The van der Waals surface area contributed by atoms with E-state index < -0.39 is 175 Å². The molecule has 0 radical (unpaired) electrons. The van der Waals surface area contributed by atoms with Gasteiger partial charge in [0.25, 0.3) is 0 Å². The molecule has 32 heteroatoms. The van der Waals surface area contributed by atoms with Crippen molar-refractivity contribution in [3.63, 3.8) is 0 Å². The van der Waals surface area contributed by atoms with Gasteiger partial charge in [-0.05, 0) is 119 Å². The smallest absolute Gasteiger partial charge is 0.245 e. The molecule has 2 aliphatic rings. The summed E-state index contributed by atoms with van der Waals surface area (Å²) < 4.78 is 0. The highest BCUT2D eigenvalue weighted by Gasteiger charge is 2.42. The lowest BCUT2D eigenvalue weighted by atomic mass is 10.00. The van der Waals surface area contributed by atoms with Crippen LogP contribution < -0.4 is 82.7 Å². The van der Waals surface area contributed by atoms with Gasteiger partial charge in [0.2, 0.25) is 76.8 Å². The molecule has 0 unspecified atom stereocenters.